The van der Waals surface area contributed by atoms with E-state index >= 15 is 0 Å². The van der Waals surface area contributed by atoms with E-state index in [-0.39, 0.29) is 13.1 Å². The Morgan fingerprint density at radius 1 is 1.29 bits per heavy atom. The molecule has 24 heavy (non-hydrogen) atoms. The number of aliphatic hydroxyl groups is 1. The number of rotatable bonds is 7. The van der Waals surface area contributed by atoms with Gasteiger partial charge in [-0.25, -0.2) is 4.39 Å². The van der Waals surface area contributed by atoms with Crippen molar-refractivity contribution >= 4 is 0 Å². The van der Waals surface area contributed by atoms with E-state index in [4.69, 9.17) is 4.42 Å². The first-order chi connectivity index (χ1) is 11.2. The quantitative estimate of drug-likeness (QED) is 0.806. The largest absolute Gasteiger partial charge is 0.466 e. The van der Waals surface area contributed by atoms with Gasteiger partial charge in [-0.3, -0.25) is 0 Å². The number of benzene rings is 1. The first-order valence-corrected chi connectivity index (χ1v) is 7.43. The fraction of sp³-hybridized carbons (Fsp3) is 0.412. The van der Waals surface area contributed by atoms with E-state index < -0.39 is 23.8 Å². The summed E-state index contributed by atoms with van der Waals surface area (Å²) in [7, 11) is 0. The van der Waals surface area contributed by atoms with Crippen molar-refractivity contribution in [3.63, 3.8) is 0 Å². The monoisotopic (exact) mass is 343 g/mol. The molecule has 2 aromatic rings. The summed E-state index contributed by atoms with van der Waals surface area (Å²) in [5.41, 5.74) is 0.0726. The molecule has 0 amide bonds. The minimum atomic E-state index is -3.07. The lowest BCUT2D eigenvalue weighted by Gasteiger charge is -2.23. The summed E-state index contributed by atoms with van der Waals surface area (Å²) >= 11 is 0. The van der Waals surface area contributed by atoms with Gasteiger partial charge in [0, 0.05) is 18.7 Å². The minimum absolute atomic E-state index is 0.212. The van der Waals surface area contributed by atoms with Crippen LogP contribution in [0, 0.1) is 19.7 Å². The highest BCUT2D eigenvalue weighted by Gasteiger charge is 2.27. The second-order valence-corrected chi connectivity index (χ2v) is 5.85. The molecule has 2 rings (SSSR count). The molecule has 1 aromatic carbocycles. The molecular formula is C17H20F3NO3. The van der Waals surface area contributed by atoms with Crippen LogP contribution >= 0.6 is 0 Å². The van der Waals surface area contributed by atoms with Gasteiger partial charge in [0.25, 0.3) is 0 Å². The zero-order chi connectivity index (χ0) is 17.9. The SMILES string of the molecule is Cc1cc(C(C)(O)CNCc2ccc(OC(F)F)c(F)c2)c(C)o1. The number of ether oxygens (including phenoxy) is 1. The molecule has 4 nitrogen and oxygen atoms in total. The second kappa shape index (κ2) is 7.27. The Kier molecular flexibility index (Phi) is 5.56. The van der Waals surface area contributed by atoms with E-state index in [1.807, 2.05) is 0 Å². The fourth-order valence-corrected chi connectivity index (χ4v) is 2.56. The molecule has 1 atom stereocenters. The molecule has 0 aliphatic heterocycles. The third kappa shape index (κ3) is 4.52. The van der Waals surface area contributed by atoms with Gasteiger partial charge >= 0.3 is 6.61 Å². The maximum absolute atomic E-state index is 13.6. The molecule has 1 heterocycles. The lowest BCUT2D eigenvalue weighted by molar-refractivity contribution is -0.0522. The van der Waals surface area contributed by atoms with Crippen molar-refractivity contribution < 1.29 is 27.4 Å². The lowest BCUT2D eigenvalue weighted by atomic mass is 9.96. The predicted octanol–water partition coefficient (Wildman–Crippen LogP) is 3.63. The molecule has 0 saturated heterocycles. The second-order valence-electron chi connectivity index (χ2n) is 5.85. The van der Waals surface area contributed by atoms with Gasteiger partial charge in [-0.2, -0.15) is 8.78 Å². The number of alkyl halides is 2. The van der Waals surface area contributed by atoms with E-state index in [1.165, 1.54) is 6.07 Å². The molecule has 0 aliphatic rings. The van der Waals surface area contributed by atoms with Gasteiger partial charge in [-0.15, -0.1) is 0 Å². The normalized spacial score (nSPS) is 14.0. The van der Waals surface area contributed by atoms with Crippen LogP contribution < -0.4 is 10.1 Å². The molecule has 0 spiro atoms. The molecule has 0 bridgehead atoms. The topological polar surface area (TPSA) is 54.6 Å². The van der Waals surface area contributed by atoms with Crippen LogP contribution in [0.5, 0.6) is 5.75 Å². The molecule has 1 unspecified atom stereocenters. The number of furan rings is 1. The minimum Gasteiger partial charge on any atom is -0.466 e. The van der Waals surface area contributed by atoms with Crippen LogP contribution in [0.25, 0.3) is 0 Å². The smallest absolute Gasteiger partial charge is 0.387 e. The Morgan fingerprint density at radius 3 is 2.54 bits per heavy atom. The Morgan fingerprint density at radius 2 is 2.00 bits per heavy atom. The van der Waals surface area contributed by atoms with Crippen molar-refractivity contribution in [2.45, 2.75) is 39.5 Å². The van der Waals surface area contributed by atoms with Gasteiger partial charge in [-0.05, 0) is 44.5 Å². The number of halogens is 3. The van der Waals surface area contributed by atoms with Crippen molar-refractivity contribution in [3.8, 4) is 5.75 Å². The Hall–Kier alpha value is -1.99. The molecule has 0 aliphatic carbocycles. The van der Waals surface area contributed by atoms with Crippen LogP contribution in [-0.2, 0) is 12.1 Å². The predicted molar refractivity (Wildman–Crippen MR) is 82.5 cm³/mol. The zero-order valence-electron chi connectivity index (χ0n) is 13.7. The van der Waals surface area contributed by atoms with E-state index in [1.54, 1.807) is 26.8 Å². The van der Waals surface area contributed by atoms with Crippen molar-refractivity contribution in [1.29, 1.82) is 0 Å². The maximum Gasteiger partial charge on any atom is 0.387 e. The third-order valence-corrected chi connectivity index (χ3v) is 3.63. The highest BCUT2D eigenvalue weighted by atomic mass is 19.3. The van der Waals surface area contributed by atoms with E-state index in [0.29, 0.717) is 22.6 Å². The van der Waals surface area contributed by atoms with Crippen LogP contribution in [0.2, 0.25) is 0 Å². The van der Waals surface area contributed by atoms with Gasteiger partial charge in [0.05, 0.1) is 0 Å². The standard InChI is InChI=1S/C17H20F3NO3/c1-10-6-13(11(2)23-10)17(3,22)9-21-8-12-4-5-15(14(18)7-12)24-16(19)20/h4-7,16,21-22H,8-9H2,1-3H3. The molecule has 1 aromatic heterocycles. The average Bonchev–Trinajstić information content (AvgIpc) is 2.81. The van der Waals surface area contributed by atoms with Crippen LogP contribution in [0.3, 0.4) is 0 Å². The highest BCUT2D eigenvalue weighted by molar-refractivity contribution is 5.30. The maximum atomic E-state index is 13.6. The Balaban J connectivity index is 1.96. The lowest BCUT2D eigenvalue weighted by Crippen LogP contribution is -2.35. The van der Waals surface area contributed by atoms with Crippen molar-refractivity contribution in [2.24, 2.45) is 0 Å². The summed E-state index contributed by atoms with van der Waals surface area (Å²) in [5.74, 6) is -0.00813. The van der Waals surface area contributed by atoms with Crippen molar-refractivity contribution in [2.75, 3.05) is 6.54 Å². The van der Waals surface area contributed by atoms with Gasteiger partial charge < -0.3 is 19.6 Å². The van der Waals surface area contributed by atoms with Crippen LogP contribution in [0.4, 0.5) is 13.2 Å². The number of aryl methyl sites for hydroxylation is 2. The molecule has 2 N–H and O–H groups in total. The Bertz CT molecular complexity index is 698. The fourth-order valence-electron chi connectivity index (χ4n) is 2.56. The Labute approximate surface area is 138 Å². The van der Waals surface area contributed by atoms with Crippen LogP contribution in [-0.4, -0.2) is 18.3 Å². The number of nitrogens with one attached hydrogen (secondary N) is 1. The van der Waals surface area contributed by atoms with Crippen molar-refractivity contribution in [1.82, 2.24) is 5.32 Å². The summed E-state index contributed by atoms with van der Waals surface area (Å²) < 4.78 is 47.3. The molecule has 132 valence electrons. The van der Waals surface area contributed by atoms with E-state index in [0.717, 1.165) is 12.1 Å². The first-order valence-electron chi connectivity index (χ1n) is 7.43. The molecule has 0 saturated carbocycles. The van der Waals surface area contributed by atoms with Crippen LogP contribution in [0.1, 0.15) is 29.6 Å². The summed E-state index contributed by atoms with van der Waals surface area (Å²) in [6.45, 7) is 2.62. The van der Waals surface area contributed by atoms with Gasteiger partial charge in [0.2, 0.25) is 0 Å². The van der Waals surface area contributed by atoms with E-state index in [2.05, 4.69) is 10.1 Å². The molecule has 7 heteroatoms. The summed E-state index contributed by atoms with van der Waals surface area (Å²) in [6, 6.07) is 5.52. The van der Waals surface area contributed by atoms with Gasteiger partial charge in [0.1, 0.15) is 17.1 Å². The molecule has 0 fully saturated rings. The summed E-state index contributed by atoms with van der Waals surface area (Å²) in [5, 5.41) is 13.6. The van der Waals surface area contributed by atoms with Crippen LogP contribution in [0.15, 0.2) is 28.7 Å². The highest BCUT2D eigenvalue weighted by Crippen LogP contribution is 2.26. The van der Waals surface area contributed by atoms with Crippen molar-refractivity contribution in [3.05, 3.63) is 52.7 Å². The molecule has 0 radical (unpaired) electrons. The third-order valence-electron chi connectivity index (χ3n) is 3.63. The van der Waals surface area contributed by atoms with Gasteiger partial charge in [0.15, 0.2) is 11.6 Å². The summed E-state index contributed by atoms with van der Waals surface area (Å²) in [4.78, 5) is 0. The summed E-state index contributed by atoms with van der Waals surface area (Å²) in [6.07, 6.45) is 0. The zero-order valence-corrected chi connectivity index (χ0v) is 13.7. The number of hydrogen-bond donors (Lipinski definition) is 2. The van der Waals surface area contributed by atoms with Gasteiger partial charge in [-0.1, -0.05) is 6.07 Å². The van der Waals surface area contributed by atoms with E-state index in [9.17, 15) is 18.3 Å². The molecular weight excluding hydrogens is 323 g/mol. The first kappa shape index (κ1) is 18.4. The average molecular weight is 343 g/mol. The number of hydrogen-bond acceptors (Lipinski definition) is 4.